The van der Waals surface area contributed by atoms with E-state index in [2.05, 4.69) is 21.0 Å². The van der Waals surface area contributed by atoms with Gasteiger partial charge in [-0.25, -0.2) is 18.6 Å². The molecule has 0 bridgehead atoms. The normalized spacial score (nSPS) is 16.9. The third kappa shape index (κ3) is 7.28. The van der Waals surface area contributed by atoms with E-state index >= 15 is 0 Å². The molecular formula is C36H34Cl2F2N8O6. The Morgan fingerprint density at radius 2 is 1.80 bits per heavy atom. The number of nitrogens with one attached hydrogen (secondary N) is 3. The summed E-state index contributed by atoms with van der Waals surface area (Å²) in [7, 11) is 1.67. The number of fused-ring (bicyclic) bond motifs is 1. The summed E-state index contributed by atoms with van der Waals surface area (Å²) in [4.78, 5) is 66.4. The predicted molar refractivity (Wildman–Crippen MR) is 192 cm³/mol. The summed E-state index contributed by atoms with van der Waals surface area (Å²) >= 11 is 12.6. The van der Waals surface area contributed by atoms with Crippen LogP contribution in [0, 0.1) is 17.6 Å². The highest BCUT2D eigenvalue weighted by atomic mass is 35.5. The molecule has 14 nitrogen and oxygen atoms in total. The zero-order valence-corrected chi connectivity index (χ0v) is 30.3. The van der Waals surface area contributed by atoms with Crippen LogP contribution in [0.15, 0.2) is 53.1 Å². The van der Waals surface area contributed by atoms with Crippen molar-refractivity contribution in [1.82, 2.24) is 35.7 Å². The van der Waals surface area contributed by atoms with Crippen LogP contribution < -0.4 is 20.9 Å². The lowest BCUT2D eigenvalue weighted by molar-refractivity contribution is -0.122. The number of anilines is 1. The molecule has 54 heavy (non-hydrogen) atoms. The summed E-state index contributed by atoms with van der Waals surface area (Å²) in [5.74, 6) is -4.12. The summed E-state index contributed by atoms with van der Waals surface area (Å²) in [6, 6.07) is 8.69. The highest BCUT2D eigenvalue weighted by Gasteiger charge is 2.45. The second-order valence-corrected chi connectivity index (χ2v) is 14.1. The largest absolute Gasteiger partial charge is 0.439 e. The molecule has 282 valence electrons. The Morgan fingerprint density at radius 1 is 1.02 bits per heavy atom. The minimum Gasteiger partial charge on any atom is -0.439 e. The Bertz CT molecular complexity index is 2150. The molecule has 2 aromatic heterocycles. The number of carbonyl (C=O) groups is 5. The summed E-state index contributed by atoms with van der Waals surface area (Å²) in [6.07, 6.45) is 3.07. The average molecular weight is 784 g/mol. The Kier molecular flexibility index (Phi) is 10.4. The number of aromatic nitrogens is 2. The number of nitrogens with zero attached hydrogens (tertiary/aromatic N) is 5. The number of aryl methyl sites for hydroxylation is 1. The number of piperidine rings is 1. The van der Waals surface area contributed by atoms with Crippen molar-refractivity contribution in [2.75, 3.05) is 37.6 Å². The molecule has 3 N–H and O–H groups in total. The first-order valence-electron chi connectivity index (χ1n) is 17.2. The number of halogens is 4. The van der Waals surface area contributed by atoms with Crippen LogP contribution >= 0.6 is 23.2 Å². The van der Waals surface area contributed by atoms with Crippen molar-refractivity contribution in [1.29, 1.82) is 0 Å². The van der Waals surface area contributed by atoms with E-state index in [4.69, 9.17) is 27.6 Å². The molecule has 3 aliphatic rings. The molecule has 18 heteroatoms. The lowest BCUT2D eigenvalue weighted by Crippen LogP contribution is -2.58. The van der Waals surface area contributed by atoms with Crippen LogP contribution in [0.4, 0.5) is 19.3 Å². The van der Waals surface area contributed by atoms with Crippen molar-refractivity contribution in [2.24, 2.45) is 13.0 Å². The Labute approximate surface area is 317 Å². The van der Waals surface area contributed by atoms with E-state index in [9.17, 15) is 32.8 Å². The van der Waals surface area contributed by atoms with E-state index in [1.807, 2.05) is 4.90 Å². The van der Waals surface area contributed by atoms with Crippen LogP contribution in [0.3, 0.4) is 0 Å². The summed E-state index contributed by atoms with van der Waals surface area (Å²) in [5, 5.41) is 14.6. The predicted octanol–water partition coefficient (Wildman–Crippen LogP) is 4.57. The monoisotopic (exact) mass is 782 g/mol. The van der Waals surface area contributed by atoms with Crippen LogP contribution in [0.25, 0.3) is 11.3 Å². The smallest absolute Gasteiger partial charge is 0.343 e. The maximum atomic E-state index is 14.1. The second-order valence-electron chi connectivity index (χ2n) is 13.3. The van der Waals surface area contributed by atoms with E-state index in [0.717, 1.165) is 35.0 Å². The first-order chi connectivity index (χ1) is 25.9. The summed E-state index contributed by atoms with van der Waals surface area (Å²) in [5.41, 5.74) is 2.33. The number of hydrazine groups is 1. The average Bonchev–Trinajstić information content (AvgIpc) is 3.77. The van der Waals surface area contributed by atoms with Gasteiger partial charge < -0.3 is 20.0 Å². The van der Waals surface area contributed by atoms with Gasteiger partial charge in [-0.3, -0.25) is 29.2 Å². The Morgan fingerprint density at radius 3 is 2.50 bits per heavy atom. The highest BCUT2D eigenvalue weighted by Crippen LogP contribution is 2.36. The zero-order valence-electron chi connectivity index (χ0n) is 28.8. The van der Waals surface area contributed by atoms with Gasteiger partial charge in [-0.1, -0.05) is 23.7 Å². The number of hydrogen-bond acceptors (Lipinski definition) is 9. The van der Waals surface area contributed by atoms with Gasteiger partial charge in [-0.15, -0.1) is 0 Å². The SMILES string of the molecule is Cn1ncc(Cl)c1-c1cc(C(=O)N[C@H](CNCC2CCN(c3cccc4c3C(=O)N(N3CCC(=O)NC3=O)C4=O)CC2)Cc2ccc(F)c(F)c2)oc1Cl. The summed E-state index contributed by atoms with van der Waals surface area (Å²) < 4.78 is 34.9. The van der Waals surface area contributed by atoms with Gasteiger partial charge in [0.05, 0.1) is 45.8 Å². The van der Waals surface area contributed by atoms with Crippen molar-refractivity contribution in [2.45, 2.75) is 31.7 Å². The van der Waals surface area contributed by atoms with E-state index < -0.39 is 47.3 Å². The zero-order chi connectivity index (χ0) is 38.3. The van der Waals surface area contributed by atoms with Crippen LogP contribution in [-0.4, -0.2) is 88.2 Å². The molecule has 1 atom stereocenters. The molecule has 0 aliphatic carbocycles. The standard InChI is InChI=1S/C36H34Cl2F2N8O6/c1-45-31(24(37)18-42-45)23-15-28(54-32(23)38)33(50)43-21(13-20-5-6-25(39)26(40)14-20)17-41-16-19-7-10-46(11-8-19)27-4-2-3-22-30(27)35(52)48(34(22)51)47-12-9-29(49)44-36(47)53/h2-6,14-15,18-19,21,41H,7-13,16-17H2,1H3,(H,43,50)(H,44,49,53)/t21-/m0/s1. The van der Waals surface area contributed by atoms with Crippen LogP contribution in [-0.2, 0) is 18.3 Å². The maximum Gasteiger partial charge on any atom is 0.343 e. The lowest BCUT2D eigenvalue weighted by atomic mass is 9.95. The minimum absolute atomic E-state index is 0.0341. The maximum absolute atomic E-state index is 14.1. The fourth-order valence-corrected chi connectivity index (χ4v) is 7.56. The van der Waals surface area contributed by atoms with Gasteiger partial charge >= 0.3 is 6.03 Å². The highest BCUT2D eigenvalue weighted by molar-refractivity contribution is 6.35. The van der Waals surface area contributed by atoms with Crippen molar-refractivity contribution < 1.29 is 37.2 Å². The van der Waals surface area contributed by atoms with E-state index in [-0.39, 0.29) is 54.0 Å². The number of rotatable bonds is 11. The molecule has 4 aromatic rings. The molecule has 2 saturated heterocycles. The van der Waals surface area contributed by atoms with E-state index in [0.29, 0.717) is 47.2 Å². The van der Waals surface area contributed by atoms with E-state index in [1.165, 1.54) is 23.0 Å². The number of imide groups is 2. The van der Waals surface area contributed by atoms with E-state index in [1.54, 1.807) is 25.2 Å². The molecule has 0 radical (unpaired) electrons. The molecule has 0 spiro atoms. The fourth-order valence-electron chi connectivity index (χ4n) is 7.06. The first-order valence-corrected chi connectivity index (χ1v) is 18.0. The van der Waals surface area contributed by atoms with Gasteiger partial charge in [-0.2, -0.15) is 10.1 Å². The molecular weight excluding hydrogens is 749 g/mol. The van der Waals surface area contributed by atoms with Crippen LogP contribution in [0.2, 0.25) is 10.2 Å². The van der Waals surface area contributed by atoms with Gasteiger partial charge in [0.25, 0.3) is 17.7 Å². The van der Waals surface area contributed by atoms with Gasteiger partial charge in [-0.05, 0) is 73.2 Å². The molecule has 2 fully saturated rings. The molecule has 3 aliphatic heterocycles. The lowest BCUT2D eigenvalue weighted by Gasteiger charge is -2.35. The fraction of sp³-hybridized carbons (Fsp3) is 0.333. The number of benzene rings is 2. The minimum atomic E-state index is -0.996. The molecule has 2 aromatic carbocycles. The third-order valence-electron chi connectivity index (χ3n) is 9.78. The topological polar surface area (TPSA) is 162 Å². The van der Waals surface area contributed by atoms with Gasteiger partial charge in [0.15, 0.2) is 17.4 Å². The van der Waals surface area contributed by atoms with Crippen molar-refractivity contribution >= 4 is 58.5 Å². The molecule has 0 unspecified atom stereocenters. The molecule has 7 rings (SSSR count). The van der Waals surface area contributed by atoms with Crippen molar-refractivity contribution in [3.63, 3.8) is 0 Å². The molecule has 5 heterocycles. The Hall–Kier alpha value is -5.32. The number of amides is 6. The number of hydrogen-bond donors (Lipinski definition) is 3. The van der Waals surface area contributed by atoms with Crippen LogP contribution in [0.1, 0.15) is 56.1 Å². The Balaban J connectivity index is 0.985. The van der Waals surface area contributed by atoms with Gasteiger partial charge in [0.2, 0.25) is 11.1 Å². The summed E-state index contributed by atoms with van der Waals surface area (Å²) in [6.45, 7) is 1.94. The molecule has 6 amide bonds. The van der Waals surface area contributed by atoms with Gasteiger partial charge in [0.1, 0.15) is 0 Å². The van der Waals surface area contributed by atoms with Crippen molar-refractivity contribution in [3.05, 3.63) is 93.0 Å². The number of urea groups is 1. The van der Waals surface area contributed by atoms with Crippen molar-refractivity contribution in [3.8, 4) is 11.3 Å². The van der Waals surface area contributed by atoms with Crippen LogP contribution in [0.5, 0.6) is 0 Å². The quantitative estimate of drug-likeness (QED) is 0.185. The first kappa shape index (κ1) is 37.0. The van der Waals surface area contributed by atoms with Gasteiger partial charge in [0, 0.05) is 45.2 Å². The third-order valence-corrected chi connectivity index (χ3v) is 10.3. The number of carbonyl (C=O) groups excluding carboxylic acids is 5. The molecule has 0 saturated carbocycles. The second kappa shape index (κ2) is 15.2. The number of furan rings is 1.